The summed E-state index contributed by atoms with van der Waals surface area (Å²) in [6, 6.07) is -1.37. The van der Waals surface area contributed by atoms with E-state index >= 15 is 0 Å². The Morgan fingerprint density at radius 3 is 2.50 bits per heavy atom. The minimum absolute atomic E-state index is 0.0446. The van der Waals surface area contributed by atoms with Crippen LogP contribution in [0, 0.1) is 0 Å². The molecule has 7 nitrogen and oxygen atoms in total. The van der Waals surface area contributed by atoms with Crippen LogP contribution < -0.4 is 5.32 Å². The van der Waals surface area contributed by atoms with Crippen molar-refractivity contribution in [3.05, 3.63) is 0 Å². The molecular formula is C14H27N3O4S. The van der Waals surface area contributed by atoms with Gasteiger partial charge in [0, 0.05) is 20.6 Å². The number of likely N-dealkylation sites (N-methyl/N-ethyl adjacent to an activating group) is 1. The van der Waals surface area contributed by atoms with Crippen molar-refractivity contribution < 1.29 is 18.0 Å². The minimum Gasteiger partial charge on any atom is -0.347 e. The molecule has 2 atom stereocenters. The molecule has 2 amide bonds. The van der Waals surface area contributed by atoms with E-state index in [2.05, 4.69) is 5.32 Å². The molecule has 0 aliphatic carbocycles. The lowest BCUT2D eigenvalue weighted by molar-refractivity contribution is -0.135. The third-order valence-electron chi connectivity index (χ3n) is 3.75. The molecule has 0 bridgehead atoms. The third kappa shape index (κ3) is 4.67. The Labute approximate surface area is 133 Å². The summed E-state index contributed by atoms with van der Waals surface area (Å²) in [5, 5.41) is 2.64. The van der Waals surface area contributed by atoms with E-state index in [0.717, 1.165) is 12.8 Å². The number of hydrogen-bond acceptors (Lipinski definition) is 4. The standard InChI is InChI=1S/C14H27N3O4S/c1-5-10-22(20,21)17-9-7-6-8-12(17)13(18)15-11(2)14(19)16(3)4/h11-12H,5-10H2,1-4H3,(H,15,18). The highest BCUT2D eigenvalue weighted by atomic mass is 32.2. The summed E-state index contributed by atoms with van der Waals surface area (Å²) in [4.78, 5) is 25.6. The fourth-order valence-electron chi connectivity index (χ4n) is 2.63. The molecule has 1 aliphatic rings. The molecule has 1 saturated heterocycles. The first-order valence-corrected chi connectivity index (χ1v) is 9.32. The molecule has 22 heavy (non-hydrogen) atoms. The number of piperidine rings is 1. The van der Waals surface area contributed by atoms with Crippen LogP contribution in [0.1, 0.15) is 39.5 Å². The predicted octanol–water partition coefficient (Wildman–Crippen LogP) is 0.174. The molecule has 0 aromatic rings. The Kier molecular flexibility index (Phi) is 6.80. The number of amides is 2. The van der Waals surface area contributed by atoms with Gasteiger partial charge in [-0.1, -0.05) is 13.3 Å². The number of carbonyl (C=O) groups is 2. The lowest BCUT2D eigenvalue weighted by atomic mass is 10.0. The first kappa shape index (κ1) is 18.9. The number of sulfonamides is 1. The van der Waals surface area contributed by atoms with Gasteiger partial charge in [-0.15, -0.1) is 0 Å². The Morgan fingerprint density at radius 1 is 1.32 bits per heavy atom. The Balaban J connectivity index is 2.82. The molecule has 1 aliphatic heterocycles. The van der Waals surface area contributed by atoms with Crippen LogP contribution in [0.15, 0.2) is 0 Å². The number of nitrogens with one attached hydrogen (secondary N) is 1. The Bertz CT molecular complexity index is 504. The number of hydrogen-bond donors (Lipinski definition) is 1. The molecule has 128 valence electrons. The summed E-state index contributed by atoms with van der Waals surface area (Å²) in [6.45, 7) is 3.78. The summed E-state index contributed by atoms with van der Waals surface area (Å²) in [7, 11) is -0.193. The van der Waals surface area contributed by atoms with E-state index in [0.29, 0.717) is 19.4 Å². The van der Waals surface area contributed by atoms with Crippen LogP contribution in [0.5, 0.6) is 0 Å². The normalized spacial score (nSPS) is 21.2. The van der Waals surface area contributed by atoms with E-state index in [9.17, 15) is 18.0 Å². The van der Waals surface area contributed by atoms with Crippen LogP contribution in [0.25, 0.3) is 0 Å². The number of nitrogens with zero attached hydrogens (tertiary/aromatic N) is 2. The molecule has 2 unspecified atom stereocenters. The van der Waals surface area contributed by atoms with Gasteiger partial charge in [-0.2, -0.15) is 4.31 Å². The van der Waals surface area contributed by atoms with Gasteiger partial charge in [0.1, 0.15) is 12.1 Å². The SMILES string of the molecule is CCCS(=O)(=O)N1CCCCC1C(=O)NC(C)C(=O)N(C)C. The topological polar surface area (TPSA) is 86.8 Å². The van der Waals surface area contributed by atoms with E-state index in [-0.39, 0.29) is 17.6 Å². The van der Waals surface area contributed by atoms with Crippen LogP contribution in [0.2, 0.25) is 0 Å². The van der Waals surface area contributed by atoms with E-state index < -0.39 is 22.1 Å². The van der Waals surface area contributed by atoms with Gasteiger partial charge in [-0.05, 0) is 26.2 Å². The smallest absolute Gasteiger partial charge is 0.244 e. The fourth-order valence-corrected chi connectivity index (χ4v) is 4.38. The highest BCUT2D eigenvalue weighted by Gasteiger charge is 2.37. The first-order chi connectivity index (χ1) is 10.2. The largest absolute Gasteiger partial charge is 0.347 e. The van der Waals surface area contributed by atoms with Gasteiger partial charge in [0.25, 0.3) is 0 Å². The first-order valence-electron chi connectivity index (χ1n) is 7.71. The molecule has 1 fully saturated rings. The summed E-state index contributed by atoms with van der Waals surface area (Å²) in [6.07, 6.45) is 2.59. The fraction of sp³-hybridized carbons (Fsp3) is 0.857. The molecule has 1 rings (SSSR count). The average molecular weight is 333 g/mol. The maximum Gasteiger partial charge on any atom is 0.244 e. The molecule has 8 heteroatoms. The molecule has 1 N–H and O–H groups in total. The molecule has 0 saturated carbocycles. The van der Waals surface area contributed by atoms with Gasteiger partial charge < -0.3 is 10.2 Å². The second-order valence-corrected chi connectivity index (χ2v) is 7.94. The van der Waals surface area contributed by atoms with E-state index in [1.807, 2.05) is 0 Å². The van der Waals surface area contributed by atoms with Crippen molar-refractivity contribution in [2.45, 2.75) is 51.6 Å². The van der Waals surface area contributed by atoms with Crippen molar-refractivity contribution in [2.24, 2.45) is 0 Å². The van der Waals surface area contributed by atoms with E-state index in [1.165, 1.54) is 9.21 Å². The zero-order valence-corrected chi connectivity index (χ0v) is 14.6. The molecule has 0 spiro atoms. The van der Waals surface area contributed by atoms with Crippen molar-refractivity contribution in [3.63, 3.8) is 0 Å². The summed E-state index contributed by atoms with van der Waals surface area (Å²) in [5.74, 6) is -0.558. The van der Waals surface area contributed by atoms with Crippen molar-refractivity contribution in [3.8, 4) is 0 Å². The maximum atomic E-state index is 12.4. The Morgan fingerprint density at radius 2 is 1.95 bits per heavy atom. The van der Waals surface area contributed by atoms with Crippen molar-refractivity contribution in [2.75, 3.05) is 26.4 Å². The van der Waals surface area contributed by atoms with Gasteiger partial charge in [-0.3, -0.25) is 9.59 Å². The summed E-state index contributed by atoms with van der Waals surface area (Å²) < 4.78 is 25.9. The van der Waals surface area contributed by atoms with Crippen LogP contribution >= 0.6 is 0 Å². The Hall–Kier alpha value is -1.15. The summed E-state index contributed by atoms with van der Waals surface area (Å²) >= 11 is 0. The molecule has 0 aromatic carbocycles. The summed E-state index contributed by atoms with van der Waals surface area (Å²) in [5.41, 5.74) is 0. The monoisotopic (exact) mass is 333 g/mol. The second-order valence-electron chi connectivity index (χ2n) is 5.90. The molecule has 0 radical (unpaired) electrons. The van der Waals surface area contributed by atoms with Crippen LogP contribution in [0.4, 0.5) is 0 Å². The third-order valence-corrected chi connectivity index (χ3v) is 5.82. The molecule has 0 aromatic heterocycles. The quantitative estimate of drug-likeness (QED) is 0.751. The molecular weight excluding hydrogens is 306 g/mol. The maximum absolute atomic E-state index is 12.4. The number of rotatable bonds is 6. The minimum atomic E-state index is -3.42. The lowest BCUT2D eigenvalue weighted by Gasteiger charge is -2.34. The second kappa shape index (κ2) is 7.92. The zero-order chi connectivity index (χ0) is 16.9. The van der Waals surface area contributed by atoms with Crippen molar-refractivity contribution >= 4 is 21.8 Å². The van der Waals surface area contributed by atoms with E-state index in [1.54, 1.807) is 27.9 Å². The predicted molar refractivity (Wildman–Crippen MR) is 84.7 cm³/mol. The van der Waals surface area contributed by atoms with Gasteiger partial charge >= 0.3 is 0 Å². The van der Waals surface area contributed by atoms with Gasteiger partial charge in [0.2, 0.25) is 21.8 Å². The van der Waals surface area contributed by atoms with Crippen LogP contribution in [-0.4, -0.2) is 67.9 Å². The van der Waals surface area contributed by atoms with Gasteiger partial charge in [-0.25, -0.2) is 8.42 Å². The van der Waals surface area contributed by atoms with Crippen LogP contribution in [0.3, 0.4) is 0 Å². The average Bonchev–Trinajstić information content (AvgIpc) is 2.46. The van der Waals surface area contributed by atoms with Gasteiger partial charge in [0.05, 0.1) is 5.75 Å². The highest BCUT2D eigenvalue weighted by Crippen LogP contribution is 2.21. The van der Waals surface area contributed by atoms with Crippen molar-refractivity contribution in [1.82, 2.24) is 14.5 Å². The zero-order valence-electron chi connectivity index (χ0n) is 13.8. The van der Waals surface area contributed by atoms with Crippen molar-refractivity contribution in [1.29, 1.82) is 0 Å². The van der Waals surface area contributed by atoms with E-state index in [4.69, 9.17) is 0 Å². The van der Waals surface area contributed by atoms with Crippen LogP contribution in [-0.2, 0) is 19.6 Å². The lowest BCUT2D eigenvalue weighted by Crippen LogP contribution is -2.55. The molecule has 1 heterocycles. The number of carbonyl (C=O) groups excluding carboxylic acids is 2. The highest BCUT2D eigenvalue weighted by molar-refractivity contribution is 7.89. The van der Waals surface area contributed by atoms with Gasteiger partial charge in [0.15, 0.2) is 0 Å².